The van der Waals surface area contributed by atoms with Crippen LogP contribution >= 0.6 is 0 Å². The number of rotatable bonds is 4. The Labute approximate surface area is 154 Å². The van der Waals surface area contributed by atoms with Gasteiger partial charge in [-0.15, -0.1) is 0 Å². The number of amides is 1. The number of halogens is 1. The molecule has 4 heteroatoms. The summed E-state index contributed by atoms with van der Waals surface area (Å²) >= 11 is 0. The van der Waals surface area contributed by atoms with Gasteiger partial charge >= 0.3 is 0 Å². The molecule has 0 spiro atoms. The quantitative estimate of drug-likeness (QED) is 0.858. The predicted molar refractivity (Wildman–Crippen MR) is 101 cm³/mol. The van der Waals surface area contributed by atoms with Gasteiger partial charge in [0.25, 0.3) is 5.91 Å². The van der Waals surface area contributed by atoms with Gasteiger partial charge in [-0.1, -0.05) is 30.0 Å². The minimum Gasteiger partial charge on any atom is -0.352 e. The highest BCUT2D eigenvalue weighted by molar-refractivity contribution is 5.94. The van der Waals surface area contributed by atoms with Gasteiger partial charge in [-0.05, 0) is 61.7 Å². The molecule has 1 fully saturated rings. The average molecular weight is 350 g/mol. The Hall–Kier alpha value is -2.64. The lowest BCUT2D eigenvalue weighted by Crippen LogP contribution is -2.41. The molecule has 0 saturated carbocycles. The van der Waals surface area contributed by atoms with Crippen molar-refractivity contribution in [1.82, 2.24) is 10.2 Å². The van der Waals surface area contributed by atoms with Crippen molar-refractivity contribution in [3.63, 3.8) is 0 Å². The van der Waals surface area contributed by atoms with Crippen molar-refractivity contribution in [3.05, 3.63) is 71.5 Å². The normalized spacial score (nSPS) is 17.2. The Bertz CT molecular complexity index is 777. The first-order chi connectivity index (χ1) is 12.7. The van der Waals surface area contributed by atoms with E-state index in [1.165, 1.54) is 24.3 Å². The van der Waals surface area contributed by atoms with E-state index >= 15 is 0 Å². The summed E-state index contributed by atoms with van der Waals surface area (Å²) in [6.07, 6.45) is 2.22. The molecule has 26 heavy (non-hydrogen) atoms. The van der Waals surface area contributed by atoms with Gasteiger partial charge in [0, 0.05) is 24.2 Å². The minimum absolute atomic E-state index is 0.147. The molecular weight excluding hydrogens is 327 g/mol. The Balaban J connectivity index is 1.45. The number of nitrogens with zero attached hydrogens (tertiary/aromatic N) is 1. The second kappa shape index (κ2) is 9.17. The number of likely N-dealkylation sites (tertiary alicyclic amines) is 1. The number of benzene rings is 2. The molecule has 1 amide bonds. The first kappa shape index (κ1) is 18.2. The molecule has 0 aromatic heterocycles. The van der Waals surface area contributed by atoms with Gasteiger partial charge in [-0.3, -0.25) is 9.69 Å². The zero-order chi connectivity index (χ0) is 18.2. The van der Waals surface area contributed by atoms with E-state index in [4.69, 9.17) is 0 Å². The van der Waals surface area contributed by atoms with Crippen LogP contribution in [0.15, 0.2) is 54.6 Å². The molecule has 1 N–H and O–H groups in total. The molecule has 0 radical (unpaired) electrons. The molecule has 0 unspecified atom stereocenters. The zero-order valence-electron chi connectivity index (χ0n) is 14.7. The van der Waals surface area contributed by atoms with Gasteiger partial charge in [0.1, 0.15) is 5.82 Å². The van der Waals surface area contributed by atoms with Crippen LogP contribution in [0.4, 0.5) is 4.39 Å². The van der Waals surface area contributed by atoms with Crippen molar-refractivity contribution in [2.75, 3.05) is 26.2 Å². The van der Waals surface area contributed by atoms with E-state index in [-0.39, 0.29) is 11.7 Å². The van der Waals surface area contributed by atoms with E-state index < -0.39 is 0 Å². The fourth-order valence-corrected chi connectivity index (χ4v) is 3.18. The Morgan fingerprint density at radius 3 is 2.69 bits per heavy atom. The van der Waals surface area contributed by atoms with Gasteiger partial charge in [-0.2, -0.15) is 0 Å². The van der Waals surface area contributed by atoms with E-state index in [0.29, 0.717) is 18.0 Å². The van der Waals surface area contributed by atoms with Crippen molar-refractivity contribution >= 4 is 5.91 Å². The largest absolute Gasteiger partial charge is 0.352 e. The Morgan fingerprint density at radius 1 is 1.15 bits per heavy atom. The molecule has 1 aliphatic heterocycles. The Morgan fingerprint density at radius 2 is 1.92 bits per heavy atom. The van der Waals surface area contributed by atoms with Crippen LogP contribution in [-0.2, 0) is 0 Å². The molecule has 1 saturated heterocycles. The van der Waals surface area contributed by atoms with Crippen LogP contribution in [0, 0.1) is 23.6 Å². The van der Waals surface area contributed by atoms with E-state index in [9.17, 15) is 9.18 Å². The van der Waals surface area contributed by atoms with Crippen molar-refractivity contribution in [3.8, 4) is 11.8 Å². The second-order valence-electron chi connectivity index (χ2n) is 6.63. The summed E-state index contributed by atoms with van der Waals surface area (Å²) in [4.78, 5) is 14.5. The third-order valence-corrected chi connectivity index (χ3v) is 4.57. The molecule has 0 aliphatic carbocycles. The Kier molecular flexibility index (Phi) is 6.40. The van der Waals surface area contributed by atoms with Gasteiger partial charge < -0.3 is 5.32 Å². The smallest absolute Gasteiger partial charge is 0.251 e. The monoisotopic (exact) mass is 350 g/mol. The number of carbonyl (C=O) groups is 1. The number of piperidine rings is 1. The molecular formula is C22H23FN2O. The van der Waals surface area contributed by atoms with E-state index in [1.807, 2.05) is 30.3 Å². The van der Waals surface area contributed by atoms with Crippen molar-refractivity contribution < 1.29 is 9.18 Å². The third-order valence-electron chi connectivity index (χ3n) is 4.57. The molecule has 3 nitrogen and oxygen atoms in total. The highest BCUT2D eigenvalue weighted by Gasteiger charge is 2.20. The molecule has 2 aromatic rings. The van der Waals surface area contributed by atoms with Gasteiger partial charge in [-0.25, -0.2) is 4.39 Å². The fourth-order valence-electron chi connectivity index (χ4n) is 3.18. The molecule has 1 aliphatic rings. The zero-order valence-corrected chi connectivity index (χ0v) is 14.7. The summed E-state index contributed by atoms with van der Waals surface area (Å²) in [6, 6.07) is 15.6. The maximum atomic E-state index is 12.9. The maximum absolute atomic E-state index is 12.9. The van der Waals surface area contributed by atoms with Crippen molar-refractivity contribution in [2.24, 2.45) is 5.92 Å². The summed E-state index contributed by atoms with van der Waals surface area (Å²) in [7, 11) is 0. The highest BCUT2D eigenvalue weighted by Crippen LogP contribution is 2.15. The lowest BCUT2D eigenvalue weighted by molar-refractivity contribution is 0.0935. The predicted octanol–water partition coefficient (Wildman–Crippen LogP) is 3.32. The summed E-state index contributed by atoms with van der Waals surface area (Å²) < 4.78 is 12.9. The topological polar surface area (TPSA) is 32.3 Å². The molecule has 134 valence electrons. The number of carbonyl (C=O) groups excluding carboxylic acids is 1. The van der Waals surface area contributed by atoms with Crippen LogP contribution < -0.4 is 5.32 Å². The second-order valence-corrected chi connectivity index (χ2v) is 6.63. The number of hydrogen-bond donors (Lipinski definition) is 1. The van der Waals surface area contributed by atoms with Crippen molar-refractivity contribution in [1.29, 1.82) is 0 Å². The first-order valence-electron chi connectivity index (χ1n) is 9.01. The maximum Gasteiger partial charge on any atom is 0.251 e. The molecule has 1 heterocycles. The number of nitrogens with one attached hydrogen (secondary N) is 1. The summed E-state index contributed by atoms with van der Waals surface area (Å²) in [5, 5.41) is 2.97. The van der Waals surface area contributed by atoms with E-state index in [2.05, 4.69) is 22.1 Å². The molecule has 2 aromatic carbocycles. The van der Waals surface area contributed by atoms with Gasteiger partial charge in [0.05, 0.1) is 6.54 Å². The van der Waals surface area contributed by atoms with Crippen molar-refractivity contribution in [2.45, 2.75) is 12.8 Å². The van der Waals surface area contributed by atoms with Gasteiger partial charge in [0.15, 0.2) is 0 Å². The first-order valence-corrected chi connectivity index (χ1v) is 9.01. The van der Waals surface area contributed by atoms with Crippen LogP contribution in [0.25, 0.3) is 0 Å². The molecule has 0 bridgehead atoms. The van der Waals surface area contributed by atoms with E-state index in [0.717, 1.165) is 38.0 Å². The van der Waals surface area contributed by atoms with Crippen LogP contribution in [0.5, 0.6) is 0 Å². The molecule has 3 rings (SSSR count). The summed E-state index contributed by atoms with van der Waals surface area (Å²) in [5.41, 5.74) is 1.53. The SMILES string of the molecule is O=C(NC[C@@H]1CCCN(CC#Cc2ccccc2)C1)c1ccc(F)cc1. The molecule has 1 atom stereocenters. The summed E-state index contributed by atoms with van der Waals surface area (Å²) in [6.45, 7) is 3.37. The highest BCUT2D eigenvalue weighted by atomic mass is 19.1. The van der Waals surface area contributed by atoms with E-state index in [1.54, 1.807) is 0 Å². The third kappa shape index (κ3) is 5.44. The lowest BCUT2D eigenvalue weighted by Gasteiger charge is -2.31. The van der Waals surface area contributed by atoms with Crippen LogP contribution in [0.3, 0.4) is 0 Å². The van der Waals surface area contributed by atoms with Crippen LogP contribution in [0.1, 0.15) is 28.8 Å². The van der Waals surface area contributed by atoms with Crippen LogP contribution in [-0.4, -0.2) is 37.0 Å². The van der Waals surface area contributed by atoms with Crippen LogP contribution in [0.2, 0.25) is 0 Å². The van der Waals surface area contributed by atoms with Gasteiger partial charge in [0.2, 0.25) is 0 Å². The number of hydrogen-bond acceptors (Lipinski definition) is 2. The lowest BCUT2D eigenvalue weighted by atomic mass is 9.98. The average Bonchev–Trinajstić information content (AvgIpc) is 2.68. The fraction of sp³-hybridized carbons (Fsp3) is 0.318. The standard InChI is InChI=1S/C22H23FN2O/c23-21-12-10-20(11-13-21)22(26)24-16-19-9-5-15-25(17-19)14-4-8-18-6-2-1-3-7-18/h1-3,6-7,10-13,19H,5,9,14-17H2,(H,24,26)/t19-/m0/s1. The minimum atomic E-state index is -0.332. The summed E-state index contributed by atoms with van der Waals surface area (Å²) in [5.74, 6) is 6.38.